The number of allylic oxidation sites excluding steroid dienone is 4. The standard InChI is InChI=1S/C46H41B3O12/c1-3-23-33(46(34(47)19(2)52)61-45(23)38(54)28-16-22(17-50)37(53)44(60)41(57)35(28)48)29(18-51)32-26-13-6-4-11-24(26)30(25-12-5-7-14-27(25)32)20-9-8-10-21(15-20)31-39(55)42(58)36(49)43(59)40(31)56/h4-15,17-18,50-60H,3,16,47-49H2,1-2H3/b22-17-,29-18+,34-19-,38-28-. The quantitative estimate of drug-likeness (QED) is 0.0252. The Hall–Kier alpha value is -7.67. The first kappa shape index (κ1) is 41.5. The first-order valence-electron chi connectivity index (χ1n) is 19.3. The van der Waals surface area contributed by atoms with E-state index in [1.165, 1.54) is 22.6 Å². The van der Waals surface area contributed by atoms with Crippen molar-refractivity contribution in [1.29, 1.82) is 0 Å². The van der Waals surface area contributed by atoms with E-state index in [0.29, 0.717) is 44.9 Å². The Bertz CT molecular complexity index is 2950. The molecule has 0 fully saturated rings. The Morgan fingerprint density at radius 1 is 0.672 bits per heavy atom. The average Bonchev–Trinajstić information content (AvgIpc) is 3.62. The lowest BCUT2D eigenvalue weighted by Gasteiger charge is -2.20. The minimum atomic E-state index is -0.892. The van der Waals surface area contributed by atoms with Crippen LogP contribution in [-0.2, 0) is 6.42 Å². The number of hydrogen-bond donors (Lipinski definition) is 11. The normalized spacial score (nSPS) is 15.8. The van der Waals surface area contributed by atoms with Crippen LogP contribution in [-0.4, -0.2) is 79.7 Å². The van der Waals surface area contributed by atoms with Gasteiger partial charge in [0.15, 0.2) is 51.8 Å². The average molecular weight is 818 g/mol. The van der Waals surface area contributed by atoms with Crippen molar-refractivity contribution in [3.63, 3.8) is 0 Å². The molecule has 15 heteroatoms. The molecule has 0 saturated heterocycles. The summed E-state index contributed by atoms with van der Waals surface area (Å²) in [6.07, 6.45) is 1.37. The molecule has 0 aliphatic heterocycles. The minimum absolute atomic E-state index is 0.00649. The van der Waals surface area contributed by atoms with E-state index < -0.39 is 46.0 Å². The second-order valence-electron chi connectivity index (χ2n) is 14.9. The second kappa shape index (κ2) is 15.8. The van der Waals surface area contributed by atoms with Gasteiger partial charge in [0.1, 0.15) is 29.3 Å². The molecule has 0 radical (unpaired) electrons. The van der Waals surface area contributed by atoms with Crippen LogP contribution in [0.2, 0.25) is 0 Å². The van der Waals surface area contributed by atoms with Gasteiger partial charge in [-0.2, -0.15) is 0 Å². The molecule has 0 unspecified atom stereocenters. The van der Waals surface area contributed by atoms with Crippen molar-refractivity contribution < 1.29 is 60.6 Å². The number of furan rings is 1. The fourth-order valence-corrected chi connectivity index (χ4v) is 8.11. The van der Waals surface area contributed by atoms with Crippen LogP contribution < -0.4 is 5.46 Å². The Kier molecular flexibility index (Phi) is 10.8. The zero-order valence-electron chi connectivity index (χ0n) is 33.8. The van der Waals surface area contributed by atoms with E-state index in [1.54, 1.807) is 33.0 Å². The van der Waals surface area contributed by atoms with Crippen LogP contribution in [0.1, 0.15) is 48.5 Å². The molecule has 11 N–H and O–H groups in total. The van der Waals surface area contributed by atoms with E-state index >= 15 is 0 Å². The molecule has 1 aliphatic carbocycles. The predicted octanol–water partition coefficient (Wildman–Crippen LogP) is 7.24. The lowest BCUT2D eigenvalue weighted by molar-refractivity contribution is 0.287. The number of fused-ring (bicyclic) bond motifs is 2. The van der Waals surface area contributed by atoms with Crippen LogP contribution in [0.15, 0.2) is 129 Å². The Morgan fingerprint density at radius 2 is 1.21 bits per heavy atom. The number of aliphatic hydroxyl groups is 7. The molecule has 6 aromatic rings. The van der Waals surface area contributed by atoms with Crippen molar-refractivity contribution in [3.05, 3.63) is 153 Å². The SMILES string of the molecule is BC1=C(O)C(O)=C(O)/C(=C\O)C/C1=C(/O)c1oc(/C(B)=C(\C)O)c(/C(=C/O)c2c3ccccc3c(-c3cccc(-c4c(O)c(O)c(B)c(O)c4O)c3)c3ccccc23)c1CC. The molecule has 1 aliphatic rings. The molecule has 0 saturated carbocycles. The molecule has 306 valence electrons. The molecule has 0 atom stereocenters. The predicted molar refractivity (Wildman–Crippen MR) is 244 cm³/mol. The van der Waals surface area contributed by atoms with E-state index in [2.05, 4.69) is 0 Å². The largest absolute Gasteiger partial charge is 0.515 e. The lowest BCUT2D eigenvalue weighted by atomic mass is 9.80. The van der Waals surface area contributed by atoms with Crippen molar-refractivity contribution in [3.8, 4) is 45.3 Å². The summed E-state index contributed by atoms with van der Waals surface area (Å²) in [5.41, 5.74) is 3.07. The van der Waals surface area contributed by atoms with Gasteiger partial charge in [-0.1, -0.05) is 73.7 Å². The van der Waals surface area contributed by atoms with Gasteiger partial charge in [-0.25, -0.2) is 0 Å². The first-order chi connectivity index (χ1) is 29.1. The molecule has 0 amide bonds. The molecule has 0 bridgehead atoms. The lowest BCUT2D eigenvalue weighted by Crippen LogP contribution is -2.05. The highest BCUT2D eigenvalue weighted by Crippen LogP contribution is 2.50. The van der Waals surface area contributed by atoms with Gasteiger partial charge in [0.2, 0.25) is 0 Å². The molecular formula is C46H41B3O12. The summed E-state index contributed by atoms with van der Waals surface area (Å²) in [7, 11) is 4.39. The second-order valence-corrected chi connectivity index (χ2v) is 14.9. The minimum Gasteiger partial charge on any atom is -0.515 e. The van der Waals surface area contributed by atoms with Crippen LogP contribution in [0.25, 0.3) is 60.6 Å². The smallest absolute Gasteiger partial charge is 0.200 e. The molecule has 1 heterocycles. The third-order valence-electron chi connectivity index (χ3n) is 11.5. The number of aromatic hydroxyl groups is 4. The van der Waals surface area contributed by atoms with Gasteiger partial charge >= 0.3 is 0 Å². The zero-order chi connectivity index (χ0) is 44.2. The summed E-state index contributed by atoms with van der Waals surface area (Å²) in [5.74, 6) is -5.32. The Morgan fingerprint density at radius 3 is 1.72 bits per heavy atom. The number of hydrogen-bond acceptors (Lipinski definition) is 12. The maximum atomic E-state index is 12.1. The third kappa shape index (κ3) is 6.54. The van der Waals surface area contributed by atoms with Crippen molar-refractivity contribution >= 4 is 67.4 Å². The van der Waals surface area contributed by atoms with Crippen LogP contribution >= 0.6 is 0 Å². The highest BCUT2D eigenvalue weighted by molar-refractivity contribution is 6.42. The molecule has 12 nitrogen and oxygen atoms in total. The molecule has 0 spiro atoms. The molecule has 7 rings (SSSR count). The fourth-order valence-electron chi connectivity index (χ4n) is 8.11. The maximum Gasteiger partial charge on any atom is 0.200 e. The summed E-state index contributed by atoms with van der Waals surface area (Å²) in [5, 5.41) is 122. The number of phenols is 4. The highest BCUT2D eigenvalue weighted by Gasteiger charge is 2.33. The summed E-state index contributed by atoms with van der Waals surface area (Å²) >= 11 is 0. The summed E-state index contributed by atoms with van der Waals surface area (Å²) < 4.78 is 6.46. The highest BCUT2D eigenvalue weighted by atomic mass is 16.4. The van der Waals surface area contributed by atoms with E-state index in [4.69, 9.17) is 4.42 Å². The van der Waals surface area contributed by atoms with Gasteiger partial charge in [-0.05, 0) is 74.2 Å². The zero-order valence-corrected chi connectivity index (χ0v) is 33.8. The van der Waals surface area contributed by atoms with Gasteiger partial charge in [-0.15, -0.1) is 0 Å². The van der Waals surface area contributed by atoms with Crippen LogP contribution in [0.5, 0.6) is 23.0 Å². The van der Waals surface area contributed by atoms with E-state index in [1.807, 2.05) is 54.6 Å². The van der Waals surface area contributed by atoms with Gasteiger partial charge in [0.25, 0.3) is 0 Å². The van der Waals surface area contributed by atoms with Gasteiger partial charge in [-0.3, -0.25) is 0 Å². The monoisotopic (exact) mass is 818 g/mol. The number of aliphatic hydroxyl groups excluding tert-OH is 7. The summed E-state index contributed by atoms with van der Waals surface area (Å²) in [4.78, 5) is 0. The Balaban J connectivity index is 1.54. The van der Waals surface area contributed by atoms with Gasteiger partial charge in [0.05, 0.1) is 23.8 Å². The number of rotatable bonds is 7. The Labute approximate surface area is 352 Å². The fraction of sp³-hybridized carbons (Fsp3) is 0.0870. The van der Waals surface area contributed by atoms with Gasteiger partial charge < -0.3 is 60.6 Å². The van der Waals surface area contributed by atoms with Crippen molar-refractivity contribution in [2.45, 2.75) is 26.7 Å². The third-order valence-corrected chi connectivity index (χ3v) is 11.5. The molecule has 5 aromatic carbocycles. The van der Waals surface area contributed by atoms with Gasteiger partial charge in [0, 0.05) is 39.7 Å². The van der Waals surface area contributed by atoms with Crippen molar-refractivity contribution in [2.75, 3.05) is 0 Å². The molecule has 1 aromatic heterocycles. The van der Waals surface area contributed by atoms with Crippen LogP contribution in [0.4, 0.5) is 0 Å². The summed E-state index contributed by atoms with van der Waals surface area (Å²) in [6.45, 7) is 3.27. The maximum absolute atomic E-state index is 12.1. The first-order valence-corrected chi connectivity index (χ1v) is 19.3. The number of benzene rings is 5. The van der Waals surface area contributed by atoms with E-state index in [0.717, 1.165) is 22.6 Å². The summed E-state index contributed by atoms with van der Waals surface area (Å²) in [6, 6.07) is 21.9. The van der Waals surface area contributed by atoms with Crippen molar-refractivity contribution in [1.82, 2.24) is 0 Å². The topological polar surface area (TPSA) is 236 Å². The number of phenolic OH excluding ortho intramolecular Hbond substituents is 4. The molecular weight excluding hydrogens is 777 g/mol. The van der Waals surface area contributed by atoms with Crippen LogP contribution in [0.3, 0.4) is 0 Å². The van der Waals surface area contributed by atoms with E-state index in [9.17, 15) is 56.2 Å². The van der Waals surface area contributed by atoms with Crippen LogP contribution in [0, 0.1) is 0 Å². The van der Waals surface area contributed by atoms with Crippen molar-refractivity contribution in [2.24, 2.45) is 0 Å². The molecule has 61 heavy (non-hydrogen) atoms. The van der Waals surface area contributed by atoms with E-state index in [-0.39, 0.29) is 68.8 Å².